The first-order chi connectivity index (χ1) is 10.9. The summed E-state index contributed by atoms with van der Waals surface area (Å²) in [5.41, 5.74) is 0.984. The third kappa shape index (κ3) is 4.38. The Morgan fingerprint density at radius 3 is 2.52 bits per heavy atom. The summed E-state index contributed by atoms with van der Waals surface area (Å²) in [6.07, 6.45) is 0. The van der Waals surface area contributed by atoms with Crippen molar-refractivity contribution in [1.82, 2.24) is 15.1 Å². The largest absolute Gasteiger partial charge is 0.347 e. The molecule has 0 aliphatic carbocycles. The molecule has 0 radical (unpaired) electrons. The van der Waals surface area contributed by atoms with Crippen LogP contribution in [-0.2, 0) is 18.4 Å². The fourth-order valence-corrected chi connectivity index (χ4v) is 1.84. The van der Waals surface area contributed by atoms with Crippen LogP contribution in [0.3, 0.4) is 0 Å². The minimum Gasteiger partial charge on any atom is -0.347 e. The SMILES string of the molecule is CC(C)C(=O)Nc1cc(C(=O)NCc2ccc(F)cc2)nn1C. The normalized spacial score (nSPS) is 10.7. The van der Waals surface area contributed by atoms with Crippen LogP contribution in [0.25, 0.3) is 0 Å². The van der Waals surface area contributed by atoms with Gasteiger partial charge in [-0.25, -0.2) is 4.39 Å². The quantitative estimate of drug-likeness (QED) is 0.886. The van der Waals surface area contributed by atoms with Crippen LogP contribution in [0.2, 0.25) is 0 Å². The Kier molecular flexibility index (Phi) is 5.10. The Morgan fingerprint density at radius 1 is 1.26 bits per heavy atom. The van der Waals surface area contributed by atoms with E-state index in [1.807, 2.05) is 0 Å². The van der Waals surface area contributed by atoms with Crippen molar-refractivity contribution in [1.29, 1.82) is 0 Å². The number of nitrogens with one attached hydrogen (secondary N) is 2. The van der Waals surface area contributed by atoms with Gasteiger partial charge in [0.25, 0.3) is 5.91 Å². The van der Waals surface area contributed by atoms with E-state index in [1.165, 1.54) is 22.9 Å². The first-order valence-electron chi connectivity index (χ1n) is 7.24. The van der Waals surface area contributed by atoms with Crippen molar-refractivity contribution in [2.45, 2.75) is 20.4 Å². The molecule has 0 fully saturated rings. The molecule has 2 amide bonds. The predicted octanol–water partition coefficient (Wildman–Crippen LogP) is 2.08. The summed E-state index contributed by atoms with van der Waals surface area (Å²) in [6, 6.07) is 7.38. The highest BCUT2D eigenvalue weighted by atomic mass is 19.1. The average molecular weight is 318 g/mol. The Balaban J connectivity index is 1.99. The van der Waals surface area contributed by atoms with E-state index in [2.05, 4.69) is 15.7 Å². The lowest BCUT2D eigenvalue weighted by molar-refractivity contribution is -0.118. The first-order valence-corrected chi connectivity index (χ1v) is 7.24. The van der Waals surface area contributed by atoms with Gasteiger partial charge in [0.1, 0.15) is 11.6 Å². The fourth-order valence-electron chi connectivity index (χ4n) is 1.84. The van der Waals surface area contributed by atoms with Crippen LogP contribution >= 0.6 is 0 Å². The van der Waals surface area contributed by atoms with Crippen molar-refractivity contribution >= 4 is 17.6 Å². The number of carbonyl (C=O) groups is 2. The number of aryl methyl sites for hydroxylation is 1. The predicted molar refractivity (Wildman–Crippen MR) is 84.2 cm³/mol. The molecule has 0 saturated heterocycles. The zero-order valence-corrected chi connectivity index (χ0v) is 13.3. The van der Waals surface area contributed by atoms with Gasteiger partial charge in [0.05, 0.1) is 0 Å². The van der Waals surface area contributed by atoms with Crippen LogP contribution < -0.4 is 10.6 Å². The number of hydrogen-bond donors (Lipinski definition) is 2. The monoisotopic (exact) mass is 318 g/mol. The molecule has 0 atom stereocenters. The maximum atomic E-state index is 12.8. The number of carbonyl (C=O) groups excluding carboxylic acids is 2. The summed E-state index contributed by atoms with van der Waals surface area (Å²) in [5.74, 6) is -0.548. The van der Waals surface area contributed by atoms with E-state index in [1.54, 1.807) is 33.0 Å². The molecule has 7 heteroatoms. The Hall–Kier alpha value is -2.70. The van der Waals surface area contributed by atoms with Gasteiger partial charge >= 0.3 is 0 Å². The van der Waals surface area contributed by atoms with Crippen LogP contribution in [-0.4, -0.2) is 21.6 Å². The minimum atomic E-state index is -0.366. The zero-order valence-electron chi connectivity index (χ0n) is 13.3. The molecular formula is C16H19FN4O2. The minimum absolute atomic E-state index is 0.147. The molecule has 6 nitrogen and oxygen atoms in total. The molecule has 1 aromatic carbocycles. The van der Waals surface area contributed by atoms with Crippen molar-refractivity contribution in [2.24, 2.45) is 13.0 Å². The highest BCUT2D eigenvalue weighted by Gasteiger charge is 2.15. The highest BCUT2D eigenvalue weighted by Crippen LogP contribution is 2.11. The van der Waals surface area contributed by atoms with Gasteiger partial charge in [-0.1, -0.05) is 26.0 Å². The van der Waals surface area contributed by atoms with Gasteiger partial charge in [-0.2, -0.15) is 5.10 Å². The summed E-state index contributed by atoms with van der Waals surface area (Å²) in [4.78, 5) is 23.8. The van der Waals surface area contributed by atoms with Crippen LogP contribution in [0.5, 0.6) is 0 Å². The Morgan fingerprint density at radius 2 is 1.91 bits per heavy atom. The molecule has 1 heterocycles. The van der Waals surface area contributed by atoms with Gasteiger partial charge in [0.2, 0.25) is 5.91 Å². The van der Waals surface area contributed by atoms with Gasteiger partial charge in [0.15, 0.2) is 5.69 Å². The van der Waals surface area contributed by atoms with Crippen LogP contribution in [0.15, 0.2) is 30.3 Å². The lowest BCUT2D eigenvalue weighted by Gasteiger charge is -2.06. The molecule has 0 saturated carbocycles. The van der Waals surface area contributed by atoms with E-state index in [-0.39, 0.29) is 35.8 Å². The fraction of sp³-hybridized carbons (Fsp3) is 0.312. The van der Waals surface area contributed by atoms with E-state index in [0.29, 0.717) is 5.82 Å². The van der Waals surface area contributed by atoms with Gasteiger partial charge < -0.3 is 10.6 Å². The molecule has 0 unspecified atom stereocenters. The lowest BCUT2D eigenvalue weighted by atomic mass is 10.2. The van der Waals surface area contributed by atoms with Crippen LogP contribution in [0.4, 0.5) is 10.2 Å². The summed E-state index contributed by atoms with van der Waals surface area (Å²) < 4.78 is 14.3. The number of amides is 2. The molecule has 23 heavy (non-hydrogen) atoms. The molecule has 2 aromatic rings. The van der Waals surface area contributed by atoms with Crippen LogP contribution in [0.1, 0.15) is 29.9 Å². The van der Waals surface area contributed by atoms with Gasteiger partial charge in [-0.3, -0.25) is 14.3 Å². The van der Waals surface area contributed by atoms with Crippen molar-refractivity contribution < 1.29 is 14.0 Å². The van der Waals surface area contributed by atoms with E-state index in [4.69, 9.17) is 0 Å². The number of rotatable bonds is 5. The number of nitrogens with zero attached hydrogens (tertiary/aromatic N) is 2. The van der Waals surface area contributed by atoms with E-state index >= 15 is 0 Å². The second kappa shape index (κ2) is 7.04. The van der Waals surface area contributed by atoms with Crippen molar-refractivity contribution in [2.75, 3.05) is 5.32 Å². The van der Waals surface area contributed by atoms with Crippen molar-refractivity contribution in [3.05, 3.63) is 47.4 Å². The van der Waals surface area contributed by atoms with Gasteiger partial charge in [0, 0.05) is 25.6 Å². The number of halogens is 1. The maximum Gasteiger partial charge on any atom is 0.272 e. The molecule has 0 spiro atoms. The molecule has 2 rings (SSSR count). The summed E-state index contributed by atoms with van der Waals surface area (Å²) >= 11 is 0. The van der Waals surface area contributed by atoms with E-state index in [9.17, 15) is 14.0 Å². The smallest absolute Gasteiger partial charge is 0.272 e. The standard InChI is InChI=1S/C16H19FN4O2/c1-10(2)15(22)19-14-8-13(20-21(14)3)16(23)18-9-11-4-6-12(17)7-5-11/h4-8,10H,9H2,1-3H3,(H,18,23)(H,19,22). The topological polar surface area (TPSA) is 76.0 Å². The van der Waals surface area contributed by atoms with Crippen LogP contribution in [0, 0.1) is 11.7 Å². The zero-order chi connectivity index (χ0) is 17.0. The van der Waals surface area contributed by atoms with Gasteiger partial charge in [-0.15, -0.1) is 0 Å². The third-order valence-corrected chi connectivity index (χ3v) is 3.25. The maximum absolute atomic E-state index is 12.8. The number of aromatic nitrogens is 2. The second-order valence-electron chi connectivity index (χ2n) is 5.49. The molecule has 0 aliphatic heterocycles. The number of benzene rings is 1. The molecule has 122 valence electrons. The van der Waals surface area contributed by atoms with Crippen molar-refractivity contribution in [3.63, 3.8) is 0 Å². The third-order valence-electron chi connectivity index (χ3n) is 3.25. The Bertz CT molecular complexity index is 707. The van der Waals surface area contributed by atoms with E-state index < -0.39 is 0 Å². The molecule has 0 aliphatic rings. The van der Waals surface area contributed by atoms with Crippen molar-refractivity contribution in [3.8, 4) is 0 Å². The number of anilines is 1. The van der Waals surface area contributed by atoms with E-state index in [0.717, 1.165) is 5.56 Å². The first kappa shape index (κ1) is 16.7. The Labute approximate surface area is 133 Å². The summed E-state index contributed by atoms with van der Waals surface area (Å²) in [5, 5.41) is 9.49. The lowest BCUT2D eigenvalue weighted by Crippen LogP contribution is -2.23. The van der Waals surface area contributed by atoms with Gasteiger partial charge in [-0.05, 0) is 17.7 Å². The molecule has 2 N–H and O–H groups in total. The molecule has 1 aromatic heterocycles. The number of hydrogen-bond acceptors (Lipinski definition) is 3. The summed E-state index contributed by atoms with van der Waals surface area (Å²) in [7, 11) is 1.65. The molecular weight excluding hydrogens is 299 g/mol. The second-order valence-corrected chi connectivity index (χ2v) is 5.49. The summed E-state index contributed by atoms with van der Waals surface area (Å²) in [6.45, 7) is 3.83. The highest BCUT2D eigenvalue weighted by molar-refractivity contribution is 5.95. The average Bonchev–Trinajstić information content (AvgIpc) is 2.87. The molecule has 0 bridgehead atoms.